The molecule has 1 aromatic carbocycles. The minimum absolute atomic E-state index is 0.0117. The highest BCUT2D eigenvalue weighted by Crippen LogP contribution is 2.47. The van der Waals surface area contributed by atoms with Crippen molar-refractivity contribution in [2.75, 3.05) is 16.0 Å². The number of hydrogen-bond donors (Lipinski definition) is 2. The van der Waals surface area contributed by atoms with Crippen LogP contribution >= 0.6 is 34.7 Å². The van der Waals surface area contributed by atoms with Crippen molar-refractivity contribution in [2.24, 2.45) is 5.73 Å². The molecule has 0 saturated carbocycles. The molecule has 3 heterocycles. The van der Waals surface area contributed by atoms with Crippen LogP contribution in [-0.4, -0.2) is 32.6 Å². The van der Waals surface area contributed by atoms with Crippen molar-refractivity contribution >= 4 is 57.3 Å². The Labute approximate surface area is 238 Å². The van der Waals surface area contributed by atoms with Crippen LogP contribution in [0.4, 0.5) is 10.9 Å². The number of carbonyl (C=O) groups excluding carboxylic acids is 2. The lowest BCUT2D eigenvalue weighted by molar-refractivity contribution is -0.116. The van der Waals surface area contributed by atoms with Gasteiger partial charge in [0.15, 0.2) is 10.1 Å². The summed E-state index contributed by atoms with van der Waals surface area (Å²) >= 11 is 8.31. The Bertz CT molecular complexity index is 1520. The molecule has 9 nitrogen and oxygen atoms in total. The maximum atomic E-state index is 13.3. The summed E-state index contributed by atoms with van der Waals surface area (Å²) in [7, 11) is 0. The fraction of sp³-hybridized carbons (Fsp3) is 0.259. The molecule has 5 rings (SSSR count). The number of thioether (sulfide) groups is 1. The maximum Gasteiger partial charge on any atom is 0.235 e. The second-order valence-corrected chi connectivity index (χ2v) is 11.6. The molecule has 12 heteroatoms. The van der Waals surface area contributed by atoms with Crippen molar-refractivity contribution in [3.63, 3.8) is 0 Å². The standard InChI is InChI=1S/C27H24ClN7O2S2/c1-2-15-6-8-16(9-7-15)23-18(12-29)25(30)35(19-4-3-5-20(36)24(19)23)26-33-34-27(39-26)38-14-22(37)32-21-11-10-17(28)13-31-21/h6-11,13,23H,2-5,14,30H2,1H3,(H,31,32,37). The molecule has 1 aliphatic carbocycles. The largest absolute Gasteiger partial charge is 0.384 e. The zero-order chi connectivity index (χ0) is 27.5. The first-order chi connectivity index (χ1) is 18.9. The van der Waals surface area contributed by atoms with Gasteiger partial charge in [0.25, 0.3) is 0 Å². The summed E-state index contributed by atoms with van der Waals surface area (Å²) in [6, 6.07) is 13.5. The number of amides is 1. The number of hydrogen-bond acceptors (Lipinski definition) is 10. The zero-order valence-corrected chi connectivity index (χ0v) is 23.4. The van der Waals surface area contributed by atoms with E-state index in [4.69, 9.17) is 17.3 Å². The maximum absolute atomic E-state index is 13.3. The molecule has 0 radical (unpaired) electrons. The van der Waals surface area contributed by atoms with Crippen molar-refractivity contribution in [3.05, 3.63) is 81.4 Å². The Balaban J connectivity index is 1.41. The second-order valence-electron chi connectivity index (χ2n) is 8.96. The van der Waals surface area contributed by atoms with Crippen molar-refractivity contribution in [2.45, 2.75) is 42.9 Å². The highest BCUT2D eigenvalue weighted by Gasteiger charge is 2.41. The number of anilines is 2. The van der Waals surface area contributed by atoms with E-state index in [1.165, 1.54) is 34.9 Å². The van der Waals surface area contributed by atoms with Crippen LogP contribution in [0.25, 0.3) is 0 Å². The van der Waals surface area contributed by atoms with Crippen molar-refractivity contribution in [3.8, 4) is 6.07 Å². The van der Waals surface area contributed by atoms with Gasteiger partial charge in [0, 0.05) is 23.9 Å². The van der Waals surface area contributed by atoms with Gasteiger partial charge in [-0.2, -0.15) is 5.26 Å². The number of rotatable bonds is 7. The summed E-state index contributed by atoms with van der Waals surface area (Å²) in [4.78, 5) is 31.4. The molecular formula is C27H24ClN7O2S2. The fourth-order valence-corrected chi connectivity index (χ4v) is 6.48. The first-order valence-electron chi connectivity index (χ1n) is 12.3. The third-order valence-corrected chi connectivity index (χ3v) is 8.81. The van der Waals surface area contributed by atoms with Gasteiger partial charge in [0.1, 0.15) is 11.6 Å². The van der Waals surface area contributed by atoms with Crippen LogP contribution in [0.2, 0.25) is 5.02 Å². The summed E-state index contributed by atoms with van der Waals surface area (Å²) in [6.07, 6.45) is 4.08. The lowest BCUT2D eigenvalue weighted by Gasteiger charge is -2.38. The number of allylic oxidation sites excluding steroid dienone is 3. The highest BCUT2D eigenvalue weighted by molar-refractivity contribution is 8.01. The smallest absolute Gasteiger partial charge is 0.235 e. The normalized spacial score (nSPS) is 17.2. The van der Waals surface area contributed by atoms with Gasteiger partial charge in [-0.15, -0.1) is 10.2 Å². The Hall–Kier alpha value is -3.72. The molecule has 1 aliphatic heterocycles. The van der Waals surface area contributed by atoms with Gasteiger partial charge >= 0.3 is 0 Å². The van der Waals surface area contributed by atoms with Crippen molar-refractivity contribution in [1.82, 2.24) is 15.2 Å². The summed E-state index contributed by atoms with van der Waals surface area (Å²) < 4.78 is 0.553. The molecule has 0 fully saturated rings. The van der Waals surface area contributed by atoms with Crippen LogP contribution in [0.1, 0.15) is 43.2 Å². The second kappa shape index (κ2) is 11.6. The van der Waals surface area contributed by atoms with Gasteiger partial charge in [-0.25, -0.2) is 4.98 Å². The van der Waals surface area contributed by atoms with E-state index in [0.29, 0.717) is 50.7 Å². The Kier molecular flexibility index (Phi) is 7.97. The molecule has 3 N–H and O–H groups in total. The van der Waals surface area contributed by atoms with E-state index in [1.54, 1.807) is 17.0 Å². The van der Waals surface area contributed by atoms with Crippen LogP contribution in [0.5, 0.6) is 0 Å². The average molecular weight is 578 g/mol. The van der Waals surface area contributed by atoms with Crippen LogP contribution in [0.15, 0.2) is 69.6 Å². The number of benzene rings is 1. The lowest BCUT2D eigenvalue weighted by atomic mass is 9.75. The number of nitrogens with one attached hydrogen (secondary N) is 1. The predicted molar refractivity (Wildman–Crippen MR) is 152 cm³/mol. The van der Waals surface area contributed by atoms with E-state index < -0.39 is 5.92 Å². The molecule has 1 amide bonds. The van der Waals surface area contributed by atoms with Gasteiger partial charge in [-0.3, -0.25) is 14.5 Å². The third-order valence-electron chi connectivity index (χ3n) is 6.54. The Morgan fingerprint density at radius 3 is 2.74 bits per heavy atom. The fourth-order valence-electron chi connectivity index (χ4n) is 4.69. The molecule has 0 bridgehead atoms. The first kappa shape index (κ1) is 26.9. The van der Waals surface area contributed by atoms with E-state index in [1.807, 2.05) is 24.3 Å². The van der Waals surface area contributed by atoms with Crippen LogP contribution < -0.4 is 16.0 Å². The number of carbonyl (C=O) groups is 2. The molecule has 0 spiro atoms. The molecule has 0 saturated heterocycles. The Morgan fingerprint density at radius 2 is 2.05 bits per heavy atom. The topological polar surface area (TPSA) is 138 Å². The zero-order valence-electron chi connectivity index (χ0n) is 21.0. The van der Waals surface area contributed by atoms with Crippen LogP contribution in [0.3, 0.4) is 0 Å². The number of ketones is 1. The minimum atomic E-state index is -0.521. The molecule has 198 valence electrons. The highest BCUT2D eigenvalue weighted by atomic mass is 35.5. The monoisotopic (exact) mass is 577 g/mol. The van der Waals surface area contributed by atoms with E-state index in [9.17, 15) is 14.9 Å². The van der Waals surface area contributed by atoms with E-state index in [-0.39, 0.29) is 23.3 Å². The predicted octanol–water partition coefficient (Wildman–Crippen LogP) is 5.18. The van der Waals surface area contributed by atoms with Gasteiger partial charge in [-0.1, -0.05) is 65.9 Å². The molecule has 39 heavy (non-hydrogen) atoms. The minimum Gasteiger partial charge on any atom is -0.384 e. The van der Waals surface area contributed by atoms with E-state index in [0.717, 1.165) is 17.7 Å². The van der Waals surface area contributed by atoms with Crippen LogP contribution in [-0.2, 0) is 16.0 Å². The SMILES string of the molecule is CCc1ccc(C2C(C#N)=C(N)N(c3nnc(SCC(=O)Nc4ccc(Cl)cn4)s3)C3=C2C(=O)CCC3)cc1. The lowest BCUT2D eigenvalue weighted by Crippen LogP contribution is -2.38. The summed E-state index contributed by atoms with van der Waals surface area (Å²) in [5, 5.41) is 22.4. The number of aromatic nitrogens is 3. The molecule has 1 unspecified atom stereocenters. The van der Waals surface area contributed by atoms with Crippen molar-refractivity contribution < 1.29 is 9.59 Å². The van der Waals surface area contributed by atoms with Gasteiger partial charge < -0.3 is 11.1 Å². The summed E-state index contributed by atoms with van der Waals surface area (Å²) in [6.45, 7) is 2.08. The number of nitriles is 1. The third kappa shape index (κ3) is 5.54. The first-order valence-corrected chi connectivity index (χ1v) is 14.5. The number of aryl methyl sites for hydroxylation is 1. The van der Waals surface area contributed by atoms with Crippen molar-refractivity contribution in [1.29, 1.82) is 5.26 Å². The van der Waals surface area contributed by atoms with E-state index in [2.05, 4.69) is 33.5 Å². The molecule has 1 atom stereocenters. The number of halogens is 1. The molecular weight excluding hydrogens is 554 g/mol. The summed E-state index contributed by atoms with van der Waals surface area (Å²) in [5.41, 5.74) is 10.3. The average Bonchev–Trinajstić information content (AvgIpc) is 3.41. The van der Waals surface area contributed by atoms with Gasteiger partial charge in [-0.05, 0) is 42.5 Å². The molecule has 3 aromatic rings. The van der Waals surface area contributed by atoms with Gasteiger partial charge in [0.2, 0.25) is 11.0 Å². The Morgan fingerprint density at radius 1 is 1.26 bits per heavy atom. The summed E-state index contributed by atoms with van der Waals surface area (Å²) in [5.74, 6) is -0.0240. The molecule has 2 aliphatic rings. The van der Waals surface area contributed by atoms with Crippen LogP contribution in [0, 0.1) is 11.3 Å². The van der Waals surface area contributed by atoms with Gasteiger partial charge in [0.05, 0.1) is 28.3 Å². The van der Waals surface area contributed by atoms with E-state index >= 15 is 0 Å². The number of pyridine rings is 1. The number of nitrogens with two attached hydrogens (primary N) is 1. The quantitative estimate of drug-likeness (QED) is 0.363. The number of nitrogens with zero attached hydrogens (tertiary/aromatic N) is 5. The number of Topliss-reactive ketones (excluding diaryl/α,β-unsaturated/α-hetero) is 1. The molecule has 2 aromatic heterocycles.